The number of amides is 1. The molecule has 140 valence electrons. The van der Waals surface area contributed by atoms with E-state index in [-0.39, 0.29) is 18.0 Å². The minimum absolute atomic E-state index is 0.0780. The zero-order chi connectivity index (χ0) is 19.5. The standard InChI is InChI=1S/C20H16FN5O2/c21-15-6-7-18-16(8-15)24-19(26(18)10-14-4-2-1-3-5-14)11-25-12-22-9-17(20(25)28)23-13-27/h1-9,12-13H,10-11H2,(H,23,27). The molecule has 2 aromatic heterocycles. The molecule has 0 saturated heterocycles. The maximum absolute atomic E-state index is 13.7. The predicted molar refractivity (Wildman–Crippen MR) is 103 cm³/mol. The van der Waals surface area contributed by atoms with E-state index in [4.69, 9.17) is 0 Å². The van der Waals surface area contributed by atoms with Crippen molar-refractivity contribution >= 4 is 23.1 Å². The highest BCUT2D eigenvalue weighted by molar-refractivity contribution is 5.76. The van der Waals surface area contributed by atoms with Crippen LogP contribution in [-0.4, -0.2) is 25.5 Å². The van der Waals surface area contributed by atoms with E-state index < -0.39 is 5.56 Å². The predicted octanol–water partition coefficient (Wildman–Crippen LogP) is 2.40. The fraction of sp³-hybridized carbons (Fsp3) is 0.100. The summed E-state index contributed by atoms with van der Waals surface area (Å²) in [7, 11) is 0. The van der Waals surface area contributed by atoms with Gasteiger partial charge in [0.25, 0.3) is 5.56 Å². The van der Waals surface area contributed by atoms with E-state index in [2.05, 4.69) is 15.3 Å². The second-order valence-corrected chi connectivity index (χ2v) is 6.24. The van der Waals surface area contributed by atoms with Gasteiger partial charge >= 0.3 is 0 Å². The highest BCUT2D eigenvalue weighted by Gasteiger charge is 2.14. The largest absolute Gasteiger partial charge is 0.323 e. The Morgan fingerprint density at radius 2 is 1.93 bits per heavy atom. The highest BCUT2D eigenvalue weighted by Crippen LogP contribution is 2.20. The lowest BCUT2D eigenvalue weighted by Crippen LogP contribution is -2.25. The minimum Gasteiger partial charge on any atom is -0.323 e. The number of hydrogen-bond acceptors (Lipinski definition) is 4. The van der Waals surface area contributed by atoms with Gasteiger partial charge < -0.3 is 9.88 Å². The van der Waals surface area contributed by atoms with Crippen molar-refractivity contribution in [3.05, 3.63) is 88.6 Å². The molecule has 4 rings (SSSR count). The van der Waals surface area contributed by atoms with Crippen LogP contribution in [0.5, 0.6) is 0 Å². The third-order valence-corrected chi connectivity index (χ3v) is 4.40. The van der Waals surface area contributed by atoms with Gasteiger partial charge in [0.15, 0.2) is 0 Å². The Bertz CT molecular complexity index is 1200. The van der Waals surface area contributed by atoms with Crippen LogP contribution in [0.25, 0.3) is 11.0 Å². The number of carbonyl (C=O) groups is 1. The third kappa shape index (κ3) is 3.39. The summed E-state index contributed by atoms with van der Waals surface area (Å²) in [5, 5.41) is 2.34. The second-order valence-electron chi connectivity index (χ2n) is 6.24. The summed E-state index contributed by atoms with van der Waals surface area (Å²) in [5.74, 6) is 0.205. The maximum atomic E-state index is 13.7. The summed E-state index contributed by atoms with van der Waals surface area (Å²) in [5.41, 5.74) is 2.01. The second kappa shape index (κ2) is 7.43. The molecule has 0 radical (unpaired) electrons. The van der Waals surface area contributed by atoms with Gasteiger partial charge in [0, 0.05) is 12.6 Å². The number of carbonyl (C=O) groups excluding carboxylic acids is 1. The third-order valence-electron chi connectivity index (χ3n) is 4.40. The van der Waals surface area contributed by atoms with Crippen LogP contribution in [-0.2, 0) is 17.9 Å². The van der Waals surface area contributed by atoms with E-state index in [1.165, 1.54) is 29.2 Å². The number of fused-ring (bicyclic) bond motifs is 1. The smallest absolute Gasteiger partial charge is 0.277 e. The molecule has 0 unspecified atom stereocenters. The van der Waals surface area contributed by atoms with Crippen LogP contribution in [0.1, 0.15) is 11.4 Å². The van der Waals surface area contributed by atoms with E-state index in [0.29, 0.717) is 24.3 Å². The number of imidazole rings is 1. The summed E-state index contributed by atoms with van der Waals surface area (Å²) in [4.78, 5) is 31.7. The summed E-state index contributed by atoms with van der Waals surface area (Å²) >= 11 is 0. The van der Waals surface area contributed by atoms with Crippen LogP contribution >= 0.6 is 0 Å². The van der Waals surface area contributed by atoms with Gasteiger partial charge in [-0.05, 0) is 17.7 Å². The van der Waals surface area contributed by atoms with Crippen LogP contribution in [0.2, 0.25) is 0 Å². The van der Waals surface area contributed by atoms with Gasteiger partial charge in [-0.25, -0.2) is 14.4 Å². The lowest BCUT2D eigenvalue weighted by molar-refractivity contribution is -0.105. The maximum Gasteiger partial charge on any atom is 0.277 e. The molecule has 2 heterocycles. The fourth-order valence-corrected chi connectivity index (χ4v) is 3.09. The number of nitrogens with one attached hydrogen (secondary N) is 1. The zero-order valence-electron chi connectivity index (χ0n) is 14.7. The van der Waals surface area contributed by atoms with Crippen LogP contribution in [0.15, 0.2) is 65.8 Å². The number of nitrogens with zero attached hydrogens (tertiary/aromatic N) is 4. The molecule has 0 saturated carbocycles. The molecule has 1 N–H and O–H groups in total. The molecule has 28 heavy (non-hydrogen) atoms. The van der Waals surface area contributed by atoms with Crippen LogP contribution in [0.4, 0.5) is 10.1 Å². The normalized spacial score (nSPS) is 10.9. The topological polar surface area (TPSA) is 81.8 Å². The fourth-order valence-electron chi connectivity index (χ4n) is 3.09. The lowest BCUT2D eigenvalue weighted by atomic mass is 10.2. The number of aromatic nitrogens is 4. The molecule has 0 bridgehead atoms. The monoisotopic (exact) mass is 377 g/mol. The van der Waals surface area contributed by atoms with Crippen molar-refractivity contribution in [1.29, 1.82) is 0 Å². The van der Waals surface area contributed by atoms with Crippen molar-refractivity contribution in [1.82, 2.24) is 19.1 Å². The van der Waals surface area contributed by atoms with Gasteiger partial charge in [-0.15, -0.1) is 0 Å². The van der Waals surface area contributed by atoms with E-state index in [9.17, 15) is 14.0 Å². The SMILES string of the molecule is O=CNc1cncn(Cc2nc3cc(F)ccc3n2Cc2ccccc2)c1=O. The highest BCUT2D eigenvalue weighted by atomic mass is 19.1. The van der Waals surface area contributed by atoms with Gasteiger partial charge in [-0.2, -0.15) is 0 Å². The lowest BCUT2D eigenvalue weighted by Gasteiger charge is -2.11. The number of benzene rings is 2. The van der Waals surface area contributed by atoms with E-state index in [1.54, 1.807) is 6.07 Å². The first-order valence-corrected chi connectivity index (χ1v) is 8.59. The van der Waals surface area contributed by atoms with Crippen molar-refractivity contribution < 1.29 is 9.18 Å². The molecule has 0 fully saturated rings. The van der Waals surface area contributed by atoms with Crippen LogP contribution in [0.3, 0.4) is 0 Å². The van der Waals surface area contributed by atoms with Gasteiger partial charge in [-0.1, -0.05) is 30.3 Å². The molecule has 0 aliphatic heterocycles. The molecule has 0 spiro atoms. The molecule has 1 amide bonds. The average Bonchev–Trinajstić information content (AvgIpc) is 3.02. The molecule has 7 nitrogen and oxygen atoms in total. The molecular formula is C20H16FN5O2. The Balaban J connectivity index is 1.80. The van der Waals surface area contributed by atoms with Crippen molar-refractivity contribution in [2.24, 2.45) is 0 Å². The van der Waals surface area contributed by atoms with Gasteiger partial charge in [0.1, 0.15) is 17.3 Å². The molecule has 0 atom stereocenters. The molecule has 0 aliphatic carbocycles. The quantitative estimate of drug-likeness (QED) is 0.523. The number of hydrogen-bond donors (Lipinski definition) is 1. The van der Waals surface area contributed by atoms with Crippen molar-refractivity contribution in [3.63, 3.8) is 0 Å². The minimum atomic E-state index is -0.397. The van der Waals surface area contributed by atoms with Gasteiger partial charge in [0.05, 0.1) is 30.1 Å². The molecular weight excluding hydrogens is 361 g/mol. The summed E-state index contributed by atoms with van der Waals surface area (Å²) in [6, 6.07) is 14.2. The first-order valence-electron chi connectivity index (χ1n) is 8.59. The Labute approximate surface area is 159 Å². The first kappa shape index (κ1) is 17.6. The van der Waals surface area contributed by atoms with Crippen molar-refractivity contribution in [3.8, 4) is 0 Å². The first-order chi connectivity index (χ1) is 13.7. The summed E-state index contributed by atoms with van der Waals surface area (Å²) in [6.07, 6.45) is 3.09. The Hall–Kier alpha value is -3.81. The Kier molecular flexibility index (Phi) is 4.67. The van der Waals surface area contributed by atoms with E-state index in [1.807, 2.05) is 34.9 Å². The zero-order valence-corrected chi connectivity index (χ0v) is 14.7. The summed E-state index contributed by atoms with van der Waals surface area (Å²) < 4.78 is 17.0. The summed E-state index contributed by atoms with van der Waals surface area (Å²) in [6.45, 7) is 0.649. The van der Waals surface area contributed by atoms with Gasteiger partial charge in [0.2, 0.25) is 6.41 Å². The van der Waals surface area contributed by atoms with Crippen molar-refractivity contribution in [2.75, 3.05) is 5.32 Å². The molecule has 4 aromatic rings. The number of anilines is 1. The number of rotatable bonds is 6. The molecule has 0 aliphatic rings. The van der Waals surface area contributed by atoms with E-state index in [0.717, 1.165) is 11.1 Å². The molecule has 8 heteroatoms. The molecule has 2 aromatic carbocycles. The Morgan fingerprint density at radius 3 is 2.71 bits per heavy atom. The average molecular weight is 377 g/mol. The van der Waals surface area contributed by atoms with Gasteiger partial charge in [-0.3, -0.25) is 14.2 Å². The van der Waals surface area contributed by atoms with Crippen LogP contribution < -0.4 is 10.9 Å². The Morgan fingerprint density at radius 1 is 1.11 bits per heavy atom. The van der Waals surface area contributed by atoms with E-state index >= 15 is 0 Å². The number of halogens is 1. The van der Waals surface area contributed by atoms with Crippen LogP contribution in [0, 0.1) is 5.82 Å². The van der Waals surface area contributed by atoms with Crippen molar-refractivity contribution in [2.45, 2.75) is 13.1 Å².